The van der Waals surface area contributed by atoms with Crippen LogP contribution in [0.1, 0.15) is 0 Å². The lowest BCUT2D eigenvalue weighted by molar-refractivity contribution is -0.386. The number of aromatic hydroxyl groups is 2. The molecule has 128 valence electrons. The van der Waals surface area contributed by atoms with Crippen molar-refractivity contribution < 1.29 is 32.7 Å². The minimum Gasteiger partial charge on any atom is -0.504 e. The maximum Gasteiger partial charge on any atom is 0.315 e. The molecule has 0 bridgehead atoms. The molecule has 24 heavy (non-hydrogen) atoms. The first-order chi connectivity index (χ1) is 11.1. The number of methoxy groups -OCH3 is 1. The van der Waals surface area contributed by atoms with Gasteiger partial charge in [0.15, 0.2) is 17.3 Å². The summed E-state index contributed by atoms with van der Waals surface area (Å²) in [5.41, 5.74) is -1.03. The van der Waals surface area contributed by atoms with Gasteiger partial charge in [0.2, 0.25) is 15.6 Å². The van der Waals surface area contributed by atoms with E-state index in [1.54, 1.807) is 0 Å². The zero-order valence-corrected chi connectivity index (χ0v) is 13.4. The van der Waals surface area contributed by atoms with Crippen LogP contribution < -0.4 is 4.74 Å². The van der Waals surface area contributed by atoms with E-state index in [0.717, 1.165) is 19.2 Å². The molecule has 0 saturated heterocycles. The molecule has 2 aromatic rings. The molecule has 8 nitrogen and oxygen atoms in total. The Bertz CT molecular complexity index is 946. The number of benzene rings is 2. The molecule has 2 N–H and O–H groups in total. The van der Waals surface area contributed by atoms with Crippen LogP contribution in [0.3, 0.4) is 0 Å². The van der Waals surface area contributed by atoms with Gasteiger partial charge in [0.25, 0.3) is 0 Å². The molecular formula is C13H9ClFNO7S. The highest BCUT2D eigenvalue weighted by Gasteiger charge is 2.30. The van der Waals surface area contributed by atoms with Crippen LogP contribution in [0.5, 0.6) is 17.2 Å². The third-order valence-corrected chi connectivity index (χ3v) is 4.97. The molecule has 11 heteroatoms. The summed E-state index contributed by atoms with van der Waals surface area (Å²) >= 11 is 5.65. The summed E-state index contributed by atoms with van der Waals surface area (Å²) in [7, 11) is -3.52. The number of hydrogen-bond acceptors (Lipinski definition) is 7. The van der Waals surface area contributed by atoms with E-state index in [4.69, 9.17) is 16.3 Å². The van der Waals surface area contributed by atoms with Crippen molar-refractivity contribution in [2.45, 2.75) is 9.79 Å². The fourth-order valence-corrected chi connectivity index (χ4v) is 3.70. The minimum atomic E-state index is -4.55. The summed E-state index contributed by atoms with van der Waals surface area (Å²) in [4.78, 5) is 8.34. The first-order valence-corrected chi connectivity index (χ1v) is 7.94. The predicted octanol–water partition coefficient (Wildman–Crippen LogP) is 2.64. The van der Waals surface area contributed by atoms with E-state index in [0.29, 0.717) is 12.1 Å². The first-order valence-electron chi connectivity index (χ1n) is 6.08. The second-order valence-electron chi connectivity index (χ2n) is 4.49. The summed E-state index contributed by atoms with van der Waals surface area (Å²) in [5, 5.41) is 29.6. The van der Waals surface area contributed by atoms with Crippen LogP contribution in [0, 0.1) is 15.9 Å². The van der Waals surface area contributed by atoms with Gasteiger partial charge in [0.05, 0.1) is 16.9 Å². The second-order valence-corrected chi connectivity index (χ2v) is 6.84. The van der Waals surface area contributed by atoms with Crippen molar-refractivity contribution in [3.8, 4) is 17.2 Å². The fourth-order valence-electron chi connectivity index (χ4n) is 1.93. The predicted molar refractivity (Wildman–Crippen MR) is 79.8 cm³/mol. The largest absolute Gasteiger partial charge is 0.504 e. The molecular weight excluding hydrogens is 369 g/mol. The Kier molecular flexibility index (Phi) is 4.54. The van der Waals surface area contributed by atoms with E-state index in [9.17, 15) is 33.1 Å². The average molecular weight is 378 g/mol. The van der Waals surface area contributed by atoms with Crippen molar-refractivity contribution in [2.24, 2.45) is 0 Å². The lowest BCUT2D eigenvalue weighted by atomic mass is 10.3. The summed E-state index contributed by atoms with van der Waals surface area (Å²) < 4.78 is 43.8. The minimum absolute atomic E-state index is 0.246. The van der Waals surface area contributed by atoms with E-state index < -0.39 is 53.3 Å². The maximum absolute atomic E-state index is 13.8. The third kappa shape index (κ3) is 2.93. The van der Waals surface area contributed by atoms with Crippen LogP contribution in [0.15, 0.2) is 34.1 Å². The normalized spacial score (nSPS) is 11.3. The molecule has 0 atom stereocenters. The molecule has 0 fully saturated rings. The molecule has 0 heterocycles. The molecule has 0 amide bonds. The van der Waals surface area contributed by atoms with Crippen molar-refractivity contribution in [3.63, 3.8) is 0 Å². The van der Waals surface area contributed by atoms with Crippen molar-refractivity contribution in [3.05, 3.63) is 45.2 Å². The highest BCUT2D eigenvalue weighted by molar-refractivity contribution is 7.91. The number of hydrogen-bond donors (Lipinski definition) is 2. The molecule has 0 aliphatic rings. The Morgan fingerprint density at radius 2 is 1.88 bits per heavy atom. The Morgan fingerprint density at radius 1 is 1.25 bits per heavy atom. The van der Waals surface area contributed by atoms with Crippen molar-refractivity contribution >= 4 is 27.1 Å². The molecule has 2 rings (SSSR count). The Labute approximate surface area is 139 Å². The van der Waals surface area contributed by atoms with Crippen LogP contribution in [-0.4, -0.2) is 30.7 Å². The Hall–Kier alpha value is -2.59. The number of sulfone groups is 1. The lowest BCUT2D eigenvalue weighted by Crippen LogP contribution is -2.06. The molecule has 2 aromatic carbocycles. The Morgan fingerprint density at radius 3 is 2.42 bits per heavy atom. The van der Waals surface area contributed by atoms with Gasteiger partial charge in [-0.15, -0.1) is 0 Å². The van der Waals surface area contributed by atoms with Crippen molar-refractivity contribution in [2.75, 3.05) is 7.11 Å². The zero-order valence-electron chi connectivity index (χ0n) is 11.9. The van der Waals surface area contributed by atoms with Gasteiger partial charge in [-0.2, -0.15) is 0 Å². The number of nitrogens with zero attached hydrogens (tertiary/aromatic N) is 1. The topological polar surface area (TPSA) is 127 Å². The number of halogens is 2. The number of phenols is 2. The summed E-state index contributed by atoms with van der Waals surface area (Å²) in [6.45, 7) is 0. The highest BCUT2D eigenvalue weighted by atomic mass is 35.5. The SMILES string of the molecule is COc1c(F)cc(Cl)cc1S(=O)(=O)c1cc(O)c(O)c([N+](=O)[O-])c1. The molecule has 0 aliphatic heterocycles. The zero-order chi connectivity index (χ0) is 18.2. The smallest absolute Gasteiger partial charge is 0.315 e. The standard InChI is InChI=1S/C13H9ClFNO7S/c1-23-13-8(15)2-6(14)3-11(13)24(21,22)7-4-9(16(19)20)12(18)10(17)5-7/h2-5,17-18H,1H3. The second kappa shape index (κ2) is 6.13. The van der Waals surface area contributed by atoms with Crippen LogP contribution in [-0.2, 0) is 9.84 Å². The maximum atomic E-state index is 13.8. The van der Waals surface area contributed by atoms with Gasteiger partial charge in [-0.05, 0) is 12.1 Å². The van der Waals surface area contributed by atoms with E-state index in [1.807, 2.05) is 0 Å². The monoisotopic (exact) mass is 377 g/mol. The van der Waals surface area contributed by atoms with Crippen LogP contribution in [0.2, 0.25) is 5.02 Å². The number of nitro groups is 1. The average Bonchev–Trinajstić information content (AvgIpc) is 2.48. The van der Waals surface area contributed by atoms with Crippen LogP contribution >= 0.6 is 11.6 Å². The van der Waals surface area contributed by atoms with Crippen molar-refractivity contribution in [1.29, 1.82) is 0 Å². The molecule has 0 unspecified atom stereocenters. The quantitative estimate of drug-likeness (QED) is 0.476. The molecule has 0 aliphatic carbocycles. The summed E-state index contributed by atoms with van der Waals surface area (Å²) in [6.07, 6.45) is 0. The molecule has 0 saturated carbocycles. The summed E-state index contributed by atoms with van der Waals surface area (Å²) in [6, 6.07) is 2.85. The fraction of sp³-hybridized carbons (Fsp3) is 0.0769. The van der Waals surface area contributed by atoms with Gasteiger partial charge in [0, 0.05) is 17.2 Å². The number of ether oxygens (including phenoxy) is 1. The highest BCUT2D eigenvalue weighted by Crippen LogP contribution is 2.41. The van der Waals surface area contributed by atoms with Crippen LogP contribution in [0.4, 0.5) is 10.1 Å². The van der Waals surface area contributed by atoms with Gasteiger partial charge in [-0.1, -0.05) is 11.6 Å². The number of nitro benzene ring substituents is 1. The molecule has 0 aromatic heterocycles. The third-order valence-electron chi connectivity index (χ3n) is 3.02. The van der Waals surface area contributed by atoms with E-state index >= 15 is 0 Å². The van der Waals surface area contributed by atoms with Gasteiger partial charge < -0.3 is 14.9 Å². The molecule has 0 radical (unpaired) electrons. The van der Waals surface area contributed by atoms with E-state index in [2.05, 4.69) is 0 Å². The van der Waals surface area contributed by atoms with Gasteiger partial charge in [-0.3, -0.25) is 10.1 Å². The Balaban J connectivity index is 2.80. The summed E-state index contributed by atoms with van der Waals surface area (Å²) in [5.74, 6) is -3.82. The van der Waals surface area contributed by atoms with Gasteiger partial charge in [-0.25, -0.2) is 12.8 Å². The number of rotatable bonds is 4. The first kappa shape index (κ1) is 17.8. The van der Waals surface area contributed by atoms with E-state index in [-0.39, 0.29) is 5.02 Å². The number of phenolic OH excluding ortho intramolecular Hbond substituents is 2. The van der Waals surface area contributed by atoms with Crippen molar-refractivity contribution in [1.82, 2.24) is 0 Å². The van der Waals surface area contributed by atoms with Gasteiger partial charge in [0.1, 0.15) is 4.90 Å². The lowest BCUT2D eigenvalue weighted by Gasteiger charge is -2.12. The van der Waals surface area contributed by atoms with E-state index in [1.165, 1.54) is 0 Å². The van der Waals surface area contributed by atoms with Crippen LogP contribution in [0.25, 0.3) is 0 Å². The van der Waals surface area contributed by atoms with Gasteiger partial charge >= 0.3 is 5.69 Å². The molecule has 0 spiro atoms.